The third-order valence-corrected chi connectivity index (χ3v) is 3.99. The van der Waals surface area contributed by atoms with Gasteiger partial charge in [0.2, 0.25) is 0 Å². The van der Waals surface area contributed by atoms with E-state index in [9.17, 15) is 0 Å². The number of thiazole rings is 1. The second kappa shape index (κ2) is 5.22. The molecule has 0 spiro atoms. The van der Waals surface area contributed by atoms with E-state index >= 15 is 0 Å². The highest BCUT2D eigenvalue weighted by Gasteiger charge is 2.05. The average Bonchev–Trinajstić information content (AvgIpc) is 2.81. The molecule has 0 saturated heterocycles. The Kier molecular flexibility index (Phi) is 3.44. The van der Waals surface area contributed by atoms with Crippen LogP contribution in [0.3, 0.4) is 0 Å². The summed E-state index contributed by atoms with van der Waals surface area (Å²) in [6, 6.07) is 3.89. The summed E-state index contributed by atoms with van der Waals surface area (Å²) in [5, 5.41) is 4.44. The molecule has 3 heterocycles. The van der Waals surface area contributed by atoms with E-state index in [1.807, 2.05) is 18.3 Å². The van der Waals surface area contributed by atoms with Gasteiger partial charge in [0.25, 0.3) is 0 Å². The van der Waals surface area contributed by atoms with Crippen LogP contribution in [0.4, 0.5) is 5.69 Å². The van der Waals surface area contributed by atoms with Gasteiger partial charge in [0, 0.05) is 27.9 Å². The fourth-order valence-electron chi connectivity index (χ4n) is 1.80. The molecule has 1 N–H and O–H groups in total. The maximum atomic E-state index is 4.41. The number of pyridine rings is 2. The molecule has 0 aliphatic heterocycles. The zero-order valence-corrected chi connectivity index (χ0v) is 12.6. The predicted octanol–water partition coefficient (Wildman–Crippen LogP) is 3.77. The third kappa shape index (κ3) is 2.74. The second-order valence-corrected chi connectivity index (χ2v) is 6.33. The first-order valence-electron chi connectivity index (χ1n) is 5.78. The van der Waals surface area contributed by atoms with Crippen molar-refractivity contribution in [2.75, 3.05) is 5.32 Å². The molecule has 0 aliphatic carbocycles. The number of anilines is 1. The fraction of sp³-hybridized carbons (Fsp3) is 0.154. The Labute approximate surface area is 123 Å². The molecule has 96 valence electrons. The van der Waals surface area contributed by atoms with Crippen molar-refractivity contribution in [3.8, 4) is 0 Å². The summed E-state index contributed by atoms with van der Waals surface area (Å²) in [6.07, 6.45) is 5.45. The Bertz CT molecular complexity index is 725. The Hall–Kier alpha value is -1.53. The smallest absolute Gasteiger partial charge is 0.112 e. The van der Waals surface area contributed by atoms with Crippen LogP contribution in [-0.2, 0) is 6.54 Å². The Morgan fingerprint density at radius 2 is 2.16 bits per heavy atom. The molecule has 0 unspecified atom stereocenters. The largest absolute Gasteiger partial charge is 0.377 e. The van der Waals surface area contributed by atoms with Crippen LogP contribution in [0.5, 0.6) is 0 Å². The van der Waals surface area contributed by atoms with Crippen molar-refractivity contribution in [3.63, 3.8) is 0 Å². The van der Waals surface area contributed by atoms with Gasteiger partial charge in [-0.1, -0.05) is 0 Å². The molecular formula is C13H11BrN4S. The van der Waals surface area contributed by atoms with E-state index in [-0.39, 0.29) is 0 Å². The summed E-state index contributed by atoms with van der Waals surface area (Å²) in [7, 11) is 0. The van der Waals surface area contributed by atoms with E-state index in [1.54, 1.807) is 23.7 Å². The van der Waals surface area contributed by atoms with Crippen molar-refractivity contribution in [2.24, 2.45) is 0 Å². The number of halogens is 1. The van der Waals surface area contributed by atoms with Crippen LogP contribution in [0.2, 0.25) is 0 Å². The van der Waals surface area contributed by atoms with Gasteiger partial charge >= 0.3 is 0 Å². The number of hydrogen-bond acceptors (Lipinski definition) is 5. The predicted molar refractivity (Wildman–Crippen MR) is 81.4 cm³/mol. The zero-order valence-electron chi connectivity index (χ0n) is 10.2. The summed E-state index contributed by atoms with van der Waals surface area (Å²) < 4.78 is 0.931. The zero-order chi connectivity index (χ0) is 13.2. The molecule has 3 aromatic heterocycles. The molecule has 3 aromatic rings. The van der Waals surface area contributed by atoms with Crippen molar-refractivity contribution >= 4 is 44.0 Å². The lowest BCUT2D eigenvalue weighted by atomic mass is 10.3. The Morgan fingerprint density at radius 1 is 1.26 bits per heavy atom. The van der Waals surface area contributed by atoms with Crippen molar-refractivity contribution in [1.29, 1.82) is 0 Å². The number of aromatic nitrogens is 3. The number of hydrogen-bond donors (Lipinski definition) is 1. The highest BCUT2D eigenvalue weighted by molar-refractivity contribution is 9.10. The van der Waals surface area contributed by atoms with E-state index in [2.05, 4.69) is 43.1 Å². The molecular weight excluding hydrogens is 324 g/mol. The average molecular weight is 335 g/mol. The van der Waals surface area contributed by atoms with Gasteiger partial charge < -0.3 is 5.32 Å². The highest BCUT2D eigenvalue weighted by Crippen LogP contribution is 2.23. The third-order valence-electron chi connectivity index (χ3n) is 2.64. The molecule has 0 bridgehead atoms. The number of nitrogens with zero attached hydrogens (tertiary/aromatic N) is 3. The number of nitrogens with one attached hydrogen (secondary N) is 1. The summed E-state index contributed by atoms with van der Waals surface area (Å²) in [4.78, 5) is 14.3. The van der Waals surface area contributed by atoms with Crippen molar-refractivity contribution < 1.29 is 0 Å². The molecule has 0 aromatic carbocycles. The summed E-state index contributed by atoms with van der Waals surface area (Å²) in [5.41, 5.74) is 2.72. The van der Waals surface area contributed by atoms with Crippen LogP contribution >= 0.6 is 27.3 Å². The highest BCUT2D eigenvalue weighted by atomic mass is 79.9. The second-order valence-electron chi connectivity index (χ2n) is 4.10. The van der Waals surface area contributed by atoms with Gasteiger partial charge in [0.15, 0.2) is 0 Å². The van der Waals surface area contributed by atoms with Gasteiger partial charge in [-0.05, 0) is 35.0 Å². The van der Waals surface area contributed by atoms with Crippen LogP contribution in [0.1, 0.15) is 9.88 Å². The lowest BCUT2D eigenvalue weighted by molar-refractivity contribution is 1.10. The van der Waals surface area contributed by atoms with Crippen molar-refractivity contribution in [3.05, 3.63) is 45.1 Å². The number of aryl methyl sites for hydroxylation is 1. The fourth-order valence-corrected chi connectivity index (χ4v) is 2.85. The van der Waals surface area contributed by atoms with Crippen LogP contribution in [0.25, 0.3) is 11.0 Å². The Morgan fingerprint density at radius 3 is 2.95 bits per heavy atom. The molecule has 6 heteroatoms. The van der Waals surface area contributed by atoms with E-state index in [0.29, 0.717) is 6.54 Å². The molecule has 0 aliphatic rings. The summed E-state index contributed by atoms with van der Waals surface area (Å²) >= 11 is 5.10. The van der Waals surface area contributed by atoms with E-state index in [4.69, 9.17) is 0 Å². The summed E-state index contributed by atoms with van der Waals surface area (Å²) in [6.45, 7) is 2.76. The topological polar surface area (TPSA) is 50.7 Å². The molecule has 3 rings (SSSR count). The van der Waals surface area contributed by atoms with Crippen LogP contribution < -0.4 is 5.32 Å². The van der Waals surface area contributed by atoms with Crippen molar-refractivity contribution in [1.82, 2.24) is 15.0 Å². The first kappa shape index (κ1) is 12.5. The Balaban J connectivity index is 1.88. The monoisotopic (exact) mass is 334 g/mol. The molecule has 0 fully saturated rings. The van der Waals surface area contributed by atoms with Gasteiger partial charge in [0.05, 0.1) is 17.7 Å². The normalized spacial score (nSPS) is 10.8. The quantitative estimate of drug-likeness (QED) is 0.792. The lowest BCUT2D eigenvalue weighted by Gasteiger charge is -2.07. The van der Waals surface area contributed by atoms with E-state index < -0.39 is 0 Å². The standard InChI is InChI=1S/C13H11BrN4S/c1-8-5-17-12(19-8)7-16-10-2-3-15-11-4-9(14)6-18-13(10)11/h2-6H,7H2,1H3,(H,15,16). The van der Waals surface area contributed by atoms with Crippen LogP contribution in [-0.4, -0.2) is 15.0 Å². The van der Waals surface area contributed by atoms with Crippen molar-refractivity contribution in [2.45, 2.75) is 13.5 Å². The van der Waals surface area contributed by atoms with Gasteiger partial charge in [0.1, 0.15) is 10.5 Å². The van der Waals surface area contributed by atoms with Gasteiger partial charge in [-0.15, -0.1) is 11.3 Å². The minimum atomic E-state index is 0.704. The minimum Gasteiger partial charge on any atom is -0.377 e. The number of fused-ring (bicyclic) bond motifs is 1. The molecule has 19 heavy (non-hydrogen) atoms. The van der Waals surface area contributed by atoms with Gasteiger partial charge in [-0.2, -0.15) is 0 Å². The molecule has 0 atom stereocenters. The number of rotatable bonds is 3. The van der Waals surface area contributed by atoms with E-state index in [1.165, 1.54) is 4.88 Å². The van der Waals surface area contributed by atoms with Gasteiger partial charge in [-0.25, -0.2) is 4.98 Å². The molecule has 4 nitrogen and oxygen atoms in total. The van der Waals surface area contributed by atoms with Crippen LogP contribution in [0.15, 0.2) is 35.2 Å². The first-order chi connectivity index (χ1) is 9.22. The first-order valence-corrected chi connectivity index (χ1v) is 7.39. The SMILES string of the molecule is Cc1cnc(CNc2ccnc3cc(Br)cnc23)s1. The lowest BCUT2D eigenvalue weighted by Crippen LogP contribution is -2.00. The molecule has 0 radical (unpaired) electrons. The molecule has 0 amide bonds. The maximum Gasteiger partial charge on any atom is 0.112 e. The van der Waals surface area contributed by atoms with E-state index in [0.717, 1.165) is 26.2 Å². The maximum absolute atomic E-state index is 4.41. The minimum absolute atomic E-state index is 0.704. The molecule has 0 saturated carbocycles. The van der Waals surface area contributed by atoms with Gasteiger partial charge in [-0.3, -0.25) is 9.97 Å². The summed E-state index contributed by atoms with van der Waals surface area (Å²) in [5.74, 6) is 0. The van der Waals surface area contributed by atoms with Crippen LogP contribution in [0, 0.1) is 6.92 Å².